The lowest BCUT2D eigenvalue weighted by Gasteiger charge is -2.15. The fourth-order valence-corrected chi connectivity index (χ4v) is 1.68. The van der Waals surface area contributed by atoms with Gasteiger partial charge in [-0.25, -0.2) is 0 Å². The first kappa shape index (κ1) is 16.3. The lowest BCUT2D eigenvalue weighted by Crippen LogP contribution is -2.34. The van der Waals surface area contributed by atoms with Crippen molar-refractivity contribution in [2.75, 3.05) is 13.7 Å². The molecule has 20 heavy (non-hydrogen) atoms. The van der Waals surface area contributed by atoms with E-state index in [1.165, 1.54) is 13.2 Å². The zero-order valence-corrected chi connectivity index (χ0v) is 11.2. The summed E-state index contributed by atoms with van der Waals surface area (Å²) >= 11 is 0. The van der Waals surface area contributed by atoms with E-state index >= 15 is 0 Å². The van der Waals surface area contributed by atoms with E-state index in [4.69, 9.17) is 15.2 Å². The molecule has 0 saturated carbocycles. The molecule has 4 nitrogen and oxygen atoms in total. The van der Waals surface area contributed by atoms with E-state index in [9.17, 15) is 18.0 Å². The van der Waals surface area contributed by atoms with Gasteiger partial charge in [0.05, 0.1) is 19.3 Å². The molecule has 0 aliphatic heterocycles. The van der Waals surface area contributed by atoms with Gasteiger partial charge >= 0.3 is 12.1 Å². The average molecular weight is 291 g/mol. The zero-order valence-electron chi connectivity index (χ0n) is 11.2. The molecule has 0 heterocycles. The molecule has 0 fully saturated rings. The fourth-order valence-electron chi connectivity index (χ4n) is 1.68. The number of hydrogen-bond acceptors (Lipinski definition) is 4. The summed E-state index contributed by atoms with van der Waals surface area (Å²) in [6.45, 7) is 1.78. The minimum absolute atomic E-state index is 0.0913. The van der Waals surface area contributed by atoms with Crippen molar-refractivity contribution in [3.8, 4) is 5.75 Å². The van der Waals surface area contributed by atoms with Gasteiger partial charge in [-0.2, -0.15) is 13.2 Å². The van der Waals surface area contributed by atoms with E-state index in [2.05, 4.69) is 0 Å². The van der Waals surface area contributed by atoms with Gasteiger partial charge in [0.1, 0.15) is 11.8 Å². The van der Waals surface area contributed by atoms with Crippen molar-refractivity contribution < 1.29 is 27.4 Å². The van der Waals surface area contributed by atoms with E-state index in [1.54, 1.807) is 6.92 Å². The number of benzene rings is 1. The van der Waals surface area contributed by atoms with Crippen molar-refractivity contribution >= 4 is 5.97 Å². The Bertz CT molecular complexity index is 474. The number of carbonyl (C=O) groups excluding carboxylic acids is 1. The van der Waals surface area contributed by atoms with Gasteiger partial charge in [-0.1, -0.05) is 0 Å². The highest BCUT2D eigenvalue weighted by molar-refractivity contribution is 5.76. The SMILES string of the molecule is CCOC(=O)C(N)Cc1cc(C(F)(F)F)ccc1OC. The van der Waals surface area contributed by atoms with Gasteiger partial charge in [0.15, 0.2) is 0 Å². The van der Waals surface area contributed by atoms with Crippen LogP contribution in [0.2, 0.25) is 0 Å². The third-order valence-corrected chi connectivity index (χ3v) is 2.64. The molecule has 7 heteroatoms. The van der Waals surface area contributed by atoms with Crippen LogP contribution < -0.4 is 10.5 Å². The number of methoxy groups -OCH3 is 1. The second kappa shape index (κ2) is 6.60. The van der Waals surface area contributed by atoms with Crippen LogP contribution in [0.4, 0.5) is 13.2 Å². The predicted octanol–water partition coefficient (Wildman–Crippen LogP) is 2.15. The highest BCUT2D eigenvalue weighted by Crippen LogP contribution is 2.32. The number of hydrogen-bond donors (Lipinski definition) is 1. The maximum Gasteiger partial charge on any atom is 0.416 e. The molecular weight excluding hydrogens is 275 g/mol. The number of rotatable bonds is 5. The summed E-state index contributed by atoms with van der Waals surface area (Å²) in [4.78, 5) is 11.4. The van der Waals surface area contributed by atoms with Crippen LogP contribution in [0.1, 0.15) is 18.1 Å². The van der Waals surface area contributed by atoms with Crippen LogP contribution in [-0.4, -0.2) is 25.7 Å². The van der Waals surface area contributed by atoms with Crippen LogP contribution in [0.5, 0.6) is 5.75 Å². The summed E-state index contributed by atoms with van der Waals surface area (Å²) < 4.78 is 47.7. The molecule has 0 aliphatic carbocycles. The Labute approximate surface area is 114 Å². The summed E-state index contributed by atoms with van der Waals surface area (Å²) in [5.41, 5.74) is 5.00. The summed E-state index contributed by atoms with van der Waals surface area (Å²) in [5.74, 6) is -0.412. The van der Waals surface area contributed by atoms with Crippen LogP contribution in [-0.2, 0) is 22.1 Å². The molecule has 1 aromatic rings. The lowest BCUT2D eigenvalue weighted by molar-refractivity contribution is -0.144. The molecule has 0 aliphatic rings. The Morgan fingerprint density at radius 2 is 2.05 bits per heavy atom. The Morgan fingerprint density at radius 3 is 2.55 bits per heavy atom. The second-order valence-corrected chi connectivity index (χ2v) is 4.09. The third kappa shape index (κ3) is 4.12. The van der Waals surface area contributed by atoms with Crippen LogP contribution in [0, 0.1) is 0 Å². The van der Waals surface area contributed by atoms with Crippen LogP contribution >= 0.6 is 0 Å². The molecule has 0 radical (unpaired) electrons. The number of nitrogens with two attached hydrogens (primary N) is 1. The van der Waals surface area contributed by atoms with Gasteiger partial charge in [0.2, 0.25) is 0 Å². The first-order valence-electron chi connectivity index (χ1n) is 5.96. The van der Waals surface area contributed by atoms with Gasteiger partial charge in [-0.15, -0.1) is 0 Å². The minimum atomic E-state index is -4.46. The van der Waals surface area contributed by atoms with Crippen LogP contribution in [0.3, 0.4) is 0 Å². The molecule has 0 amide bonds. The highest BCUT2D eigenvalue weighted by Gasteiger charge is 2.31. The van der Waals surface area contributed by atoms with Crippen molar-refractivity contribution in [2.24, 2.45) is 5.73 Å². The number of ether oxygens (including phenoxy) is 2. The van der Waals surface area contributed by atoms with E-state index in [1.807, 2.05) is 0 Å². The molecule has 0 spiro atoms. The zero-order chi connectivity index (χ0) is 15.3. The maximum atomic E-state index is 12.7. The standard InChI is InChI=1S/C13H16F3NO3/c1-3-20-12(18)10(17)7-8-6-9(13(14,15)16)4-5-11(8)19-2/h4-6,10H,3,7,17H2,1-2H3. The van der Waals surface area contributed by atoms with Crippen molar-refractivity contribution in [3.05, 3.63) is 29.3 Å². The van der Waals surface area contributed by atoms with Crippen molar-refractivity contribution in [1.29, 1.82) is 0 Å². The van der Waals surface area contributed by atoms with Crippen molar-refractivity contribution in [3.63, 3.8) is 0 Å². The van der Waals surface area contributed by atoms with Crippen molar-refractivity contribution in [1.82, 2.24) is 0 Å². The molecule has 112 valence electrons. The van der Waals surface area contributed by atoms with Gasteiger partial charge in [0, 0.05) is 6.42 Å². The average Bonchev–Trinajstić information content (AvgIpc) is 2.37. The Balaban J connectivity index is 3.00. The molecular formula is C13H16F3NO3. The van der Waals surface area contributed by atoms with Crippen LogP contribution in [0.15, 0.2) is 18.2 Å². The largest absolute Gasteiger partial charge is 0.496 e. The fraction of sp³-hybridized carbons (Fsp3) is 0.462. The topological polar surface area (TPSA) is 61.5 Å². The van der Waals surface area contributed by atoms with Gasteiger partial charge < -0.3 is 15.2 Å². The van der Waals surface area contributed by atoms with E-state index in [0.29, 0.717) is 0 Å². The Morgan fingerprint density at radius 1 is 1.40 bits per heavy atom. The summed E-state index contributed by atoms with van der Waals surface area (Å²) in [6, 6.07) is 2.01. The quantitative estimate of drug-likeness (QED) is 0.844. The smallest absolute Gasteiger partial charge is 0.416 e. The first-order chi connectivity index (χ1) is 9.29. The molecule has 0 bridgehead atoms. The molecule has 1 unspecified atom stereocenters. The highest BCUT2D eigenvalue weighted by atomic mass is 19.4. The summed E-state index contributed by atoms with van der Waals surface area (Å²) in [6.07, 6.45) is -4.55. The molecule has 1 rings (SSSR count). The molecule has 1 atom stereocenters. The molecule has 0 aromatic heterocycles. The maximum absolute atomic E-state index is 12.7. The lowest BCUT2D eigenvalue weighted by atomic mass is 10.0. The Hall–Kier alpha value is -1.76. The van der Waals surface area contributed by atoms with Gasteiger partial charge in [-0.3, -0.25) is 4.79 Å². The summed E-state index contributed by atoms with van der Waals surface area (Å²) in [5, 5.41) is 0. The minimum Gasteiger partial charge on any atom is -0.496 e. The van der Waals surface area contributed by atoms with Gasteiger partial charge in [0.25, 0.3) is 0 Å². The van der Waals surface area contributed by atoms with Gasteiger partial charge in [-0.05, 0) is 30.7 Å². The number of carbonyl (C=O) groups is 1. The van der Waals surface area contributed by atoms with E-state index < -0.39 is 23.8 Å². The normalized spacial score (nSPS) is 12.9. The van der Waals surface area contributed by atoms with E-state index in [-0.39, 0.29) is 24.3 Å². The molecule has 0 saturated heterocycles. The van der Waals surface area contributed by atoms with E-state index in [0.717, 1.165) is 12.1 Å². The first-order valence-corrected chi connectivity index (χ1v) is 5.96. The van der Waals surface area contributed by atoms with Crippen LogP contribution in [0.25, 0.3) is 0 Å². The number of halogens is 3. The molecule has 1 aromatic carbocycles. The molecule has 2 N–H and O–H groups in total. The second-order valence-electron chi connectivity index (χ2n) is 4.09. The summed E-state index contributed by atoms with van der Waals surface area (Å²) in [7, 11) is 1.34. The number of alkyl halides is 3. The number of esters is 1. The van der Waals surface area contributed by atoms with Crippen molar-refractivity contribution in [2.45, 2.75) is 25.6 Å². The Kier molecular flexibility index (Phi) is 5.38. The monoisotopic (exact) mass is 291 g/mol. The third-order valence-electron chi connectivity index (χ3n) is 2.64. The predicted molar refractivity (Wildman–Crippen MR) is 66.3 cm³/mol.